The minimum Gasteiger partial charge on any atom is -0.340 e. The number of amides is 1. The van der Waals surface area contributed by atoms with E-state index in [1.165, 1.54) is 0 Å². The lowest BCUT2D eigenvalue weighted by molar-refractivity contribution is 0.0907. The summed E-state index contributed by atoms with van der Waals surface area (Å²) in [5, 5.41) is 8.14. The molecule has 1 N–H and O–H groups in total. The Bertz CT molecular complexity index is 1000. The molecule has 0 radical (unpaired) electrons. The Morgan fingerprint density at radius 2 is 2.00 bits per heavy atom. The van der Waals surface area contributed by atoms with Gasteiger partial charge in [0.1, 0.15) is 0 Å². The number of benzene rings is 2. The van der Waals surface area contributed by atoms with E-state index in [4.69, 9.17) is 27.7 Å². The van der Waals surface area contributed by atoms with Crippen LogP contribution in [0.1, 0.15) is 41.5 Å². The summed E-state index contributed by atoms with van der Waals surface area (Å²) >= 11 is 13.8. The molecular formula is C20H19Cl2N3O2S. The van der Waals surface area contributed by atoms with Crippen LogP contribution in [-0.4, -0.2) is 16.0 Å². The summed E-state index contributed by atoms with van der Waals surface area (Å²) in [6.07, 6.45) is 0. The smallest absolute Gasteiger partial charge is 0.252 e. The zero-order valence-electron chi connectivity index (χ0n) is 15.6. The van der Waals surface area contributed by atoms with Crippen molar-refractivity contribution in [3.63, 3.8) is 0 Å². The molecule has 2 aromatic carbocycles. The average Bonchev–Trinajstić information content (AvgIpc) is 3.10. The van der Waals surface area contributed by atoms with Crippen LogP contribution >= 0.6 is 35.0 Å². The first-order chi connectivity index (χ1) is 13.2. The number of hydrogen-bond donors (Lipinski definition) is 1. The number of thioether (sulfide) groups is 1. The van der Waals surface area contributed by atoms with Gasteiger partial charge in [0.2, 0.25) is 5.89 Å². The molecule has 0 unspecified atom stereocenters. The second kappa shape index (κ2) is 8.55. The van der Waals surface area contributed by atoms with Crippen molar-refractivity contribution in [1.82, 2.24) is 15.5 Å². The van der Waals surface area contributed by atoms with Gasteiger partial charge in [-0.25, -0.2) is 0 Å². The number of aryl methyl sites for hydroxylation is 1. The van der Waals surface area contributed by atoms with Crippen molar-refractivity contribution in [3.8, 4) is 0 Å². The first-order valence-electron chi connectivity index (χ1n) is 8.55. The molecule has 5 nitrogen and oxygen atoms in total. The maximum atomic E-state index is 12.7. The van der Waals surface area contributed by atoms with Crippen molar-refractivity contribution in [2.45, 2.75) is 37.0 Å². The molecule has 0 aliphatic heterocycles. The highest BCUT2D eigenvalue weighted by Crippen LogP contribution is 2.32. The van der Waals surface area contributed by atoms with E-state index in [9.17, 15) is 4.79 Å². The van der Waals surface area contributed by atoms with Crippen LogP contribution in [0.2, 0.25) is 10.0 Å². The Morgan fingerprint density at radius 3 is 2.71 bits per heavy atom. The van der Waals surface area contributed by atoms with Crippen molar-refractivity contribution in [1.29, 1.82) is 0 Å². The molecule has 3 aromatic rings. The van der Waals surface area contributed by atoms with Crippen LogP contribution in [-0.2, 0) is 11.3 Å². The van der Waals surface area contributed by atoms with Crippen molar-refractivity contribution < 1.29 is 9.32 Å². The first kappa shape index (κ1) is 20.7. The van der Waals surface area contributed by atoms with Gasteiger partial charge >= 0.3 is 0 Å². The standard InChI is InChI=1S/C20H19Cl2N3O2S/c1-12-23-19(25-27-12)20(2,3)24-18(26)14-6-4-5-13(9-14)11-28-17-10-15(21)7-8-16(17)22/h4-10H,11H2,1-3H3,(H,24,26). The highest BCUT2D eigenvalue weighted by atomic mass is 35.5. The lowest BCUT2D eigenvalue weighted by Crippen LogP contribution is -2.41. The molecular weight excluding hydrogens is 417 g/mol. The molecule has 146 valence electrons. The highest BCUT2D eigenvalue weighted by Gasteiger charge is 2.28. The van der Waals surface area contributed by atoms with Crippen LogP contribution in [0.3, 0.4) is 0 Å². The largest absolute Gasteiger partial charge is 0.340 e. The number of rotatable bonds is 6. The molecule has 28 heavy (non-hydrogen) atoms. The van der Waals surface area contributed by atoms with Gasteiger partial charge in [0, 0.05) is 28.2 Å². The fraction of sp³-hybridized carbons (Fsp3) is 0.250. The van der Waals surface area contributed by atoms with Crippen LogP contribution in [0.15, 0.2) is 51.9 Å². The Labute approximate surface area is 177 Å². The van der Waals surface area contributed by atoms with E-state index in [0.29, 0.717) is 33.1 Å². The summed E-state index contributed by atoms with van der Waals surface area (Å²) < 4.78 is 5.01. The van der Waals surface area contributed by atoms with E-state index in [0.717, 1.165) is 10.5 Å². The Balaban J connectivity index is 1.70. The van der Waals surface area contributed by atoms with Crippen LogP contribution < -0.4 is 5.32 Å². The maximum Gasteiger partial charge on any atom is 0.252 e. The Hall–Kier alpha value is -2.02. The third kappa shape index (κ3) is 5.07. The molecule has 1 aromatic heterocycles. The van der Waals surface area contributed by atoms with E-state index in [1.807, 2.05) is 38.1 Å². The number of carbonyl (C=O) groups is 1. The summed E-state index contributed by atoms with van der Waals surface area (Å²) in [6, 6.07) is 12.8. The zero-order valence-corrected chi connectivity index (χ0v) is 18.0. The van der Waals surface area contributed by atoms with Gasteiger partial charge < -0.3 is 9.84 Å². The third-order valence-electron chi connectivity index (χ3n) is 3.99. The molecule has 0 bridgehead atoms. The number of nitrogens with zero attached hydrogens (tertiary/aromatic N) is 2. The number of aromatic nitrogens is 2. The summed E-state index contributed by atoms with van der Waals surface area (Å²) in [6.45, 7) is 5.37. The minimum atomic E-state index is -0.756. The number of halogens is 2. The molecule has 1 amide bonds. The van der Waals surface area contributed by atoms with Gasteiger partial charge in [0.15, 0.2) is 5.82 Å². The summed E-state index contributed by atoms with van der Waals surface area (Å²) in [5.41, 5.74) is 0.805. The van der Waals surface area contributed by atoms with Crippen molar-refractivity contribution in [2.75, 3.05) is 0 Å². The van der Waals surface area contributed by atoms with Crippen LogP contribution in [0.4, 0.5) is 0 Å². The fourth-order valence-electron chi connectivity index (χ4n) is 2.52. The van der Waals surface area contributed by atoms with Gasteiger partial charge in [-0.1, -0.05) is 40.5 Å². The van der Waals surface area contributed by atoms with Crippen LogP contribution in [0.25, 0.3) is 0 Å². The Kier molecular flexibility index (Phi) is 6.33. The third-order valence-corrected chi connectivity index (χ3v) is 5.79. The van der Waals surface area contributed by atoms with E-state index in [1.54, 1.807) is 36.9 Å². The molecule has 1 heterocycles. The molecule has 0 saturated heterocycles. The molecule has 0 aliphatic rings. The van der Waals surface area contributed by atoms with Crippen molar-refractivity contribution in [2.24, 2.45) is 0 Å². The molecule has 0 spiro atoms. The van der Waals surface area contributed by atoms with Crippen LogP contribution in [0, 0.1) is 6.92 Å². The van der Waals surface area contributed by atoms with Crippen LogP contribution in [0.5, 0.6) is 0 Å². The van der Waals surface area contributed by atoms with Gasteiger partial charge in [0.25, 0.3) is 5.91 Å². The van der Waals surface area contributed by atoms with E-state index in [-0.39, 0.29) is 5.91 Å². The van der Waals surface area contributed by atoms with Gasteiger partial charge in [-0.3, -0.25) is 4.79 Å². The van der Waals surface area contributed by atoms with E-state index in [2.05, 4.69) is 15.5 Å². The maximum absolute atomic E-state index is 12.7. The van der Waals surface area contributed by atoms with E-state index >= 15 is 0 Å². The molecule has 0 atom stereocenters. The molecule has 0 saturated carbocycles. The monoisotopic (exact) mass is 435 g/mol. The SMILES string of the molecule is Cc1nc(C(C)(C)NC(=O)c2cccc(CSc3cc(Cl)ccc3Cl)c2)no1. The predicted octanol–water partition coefficient (Wildman–Crippen LogP) is 5.64. The van der Waals surface area contributed by atoms with Gasteiger partial charge in [-0.05, 0) is 49.7 Å². The van der Waals surface area contributed by atoms with Gasteiger partial charge in [-0.2, -0.15) is 4.98 Å². The fourth-order valence-corrected chi connectivity index (χ4v) is 3.95. The lowest BCUT2D eigenvalue weighted by atomic mass is 10.0. The number of hydrogen-bond acceptors (Lipinski definition) is 5. The topological polar surface area (TPSA) is 68.0 Å². The number of nitrogens with one attached hydrogen (secondary N) is 1. The van der Waals surface area contributed by atoms with Gasteiger partial charge in [0.05, 0.1) is 10.6 Å². The second-order valence-corrected chi connectivity index (χ2v) is 8.64. The highest BCUT2D eigenvalue weighted by molar-refractivity contribution is 7.98. The van der Waals surface area contributed by atoms with Crippen molar-refractivity contribution >= 4 is 40.9 Å². The van der Waals surface area contributed by atoms with E-state index < -0.39 is 5.54 Å². The lowest BCUT2D eigenvalue weighted by Gasteiger charge is -2.22. The predicted molar refractivity (Wildman–Crippen MR) is 112 cm³/mol. The molecule has 8 heteroatoms. The number of carbonyl (C=O) groups excluding carboxylic acids is 1. The molecule has 0 aliphatic carbocycles. The summed E-state index contributed by atoms with van der Waals surface area (Å²) in [4.78, 5) is 17.8. The normalized spacial score (nSPS) is 11.5. The minimum absolute atomic E-state index is 0.208. The Morgan fingerprint density at radius 1 is 1.21 bits per heavy atom. The second-order valence-electron chi connectivity index (χ2n) is 6.78. The average molecular weight is 436 g/mol. The molecule has 0 fully saturated rings. The van der Waals surface area contributed by atoms with Crippen molar-refractivity contribution in [3.05, 3.63) is 75.4 Å². The quantitative estimate of drug-likeness (QED) is 0.507. The van der Waals surface area contributed by atoms with Gasteiger partial charge in [-0.15, -0.1) is 11.8 Å². The summed E-state index contributed by atoms with van der Waals surface area (Å²) in [7, 11) is 0. The first-order valence-corrected chi connectivity index (χ1v) is 10.3. The zero-order chi connectivity index (χ0) is 20.3. The molecule has 3 rings (SSSR count). The summed E-state index contributed by atoms with van der Waals surface area (Å²) in [5.74, 6) is 1.34.